The molecule has 0 saturated carbocycles. The number of nitrogens with one attached hydrogen (secondary N) is 1. The number of rotatable bonds is 5. The minimum atomic E-state index is -0.822. The maximum atomic E-state index is 12.7. The number of benzene rings is 1. The van der Waals surface area contributed by atoms with Crippen molar-refractivity contribution in [2.75, 3.05) is 45.8 Å². The molecule has 1 atom stereocenters. The zero-order chi connectivity index (χ0) is 21.1. The third-order valence-electron chi connectivity index (χ3n) is 6.54. The van der Waals surface area contributed by atoms with Gasteiger partial charge in [0.1, 0.15) is 6.04 Å². The van der Waals surface area contributed by atoms with Crippen molar-refractivity contribution in [1.82, 2.24) is 19.7 Å². The van der Waals surface area contributed by atoms with Gasteiger partial charge < -0.3 is 15.0 Å². The number of nitrogens with zero attached hydrogens (tertiary/aromatic N) is 3. The summed E-state index contributed by atoms with van der Waals surface area (Å²) in [4.78, 5) is 34.5. The van der Waals surface area contributed by atoms with Gasteiger partial charge in [-0.2, -0.15) is 0 Å². The highest BCUT2D eigenvalue weighted by atomic mass is 16.4. The summed E-state index contributed by atoms with van der Waals surface area (Å²) in [6, 6.07) is 7.20. The van der Waals surface area contributed by atoms with Gasteiger partial charge in [-0.3, -0.25) is 19.4 Å². The van der Waals surface area contributed by atoms with Crippen LogP contribution in [-0.2, 0) is 9.59 Å². The Hall–Kier alpha value is -2.38. The monoisotopic (exact) mass is 412 g/mol. The van der Waals surface area contributed by atoms with Crippen LogP contribution in [0.4, 0.5) is 0 Å². The Morgan fingerprint density at radius 3 is 2.33 bits per heavy atom. The van der Waals surface area contributed by atoms with Gasteiger partial charge in [0.2, 0.25) is 5.91 Å². The Morgan fingerprint density at radius 1 is 1.00 bits per heavy atom. The van der Waals surface area contributed by atoms with Gasteiger partial charge in [0.05, 0.1) is 6.54 Å². The number of likely N-dealkylation sites (tertiary alicyclic amines) is 1. The van der Waals surface area contributed by atoms with Crippen molar-refractivity contribution in [2.24, 2.45) is 0 Å². The van der Waals surface area contributed by atoms with Gasteiger partial charge in [-0.1, -0.05) is 31.0 Å². The highest BCUT2D eigenvalue weighted by molar-refractivity contribution is 5.90. The Labute approximate surface area is 177 Å². The van der Waals surface area contributed by atoms with E-state index in [4.69, 9.17) is 0 Å². The molecule has 0 aliphatic carbocycles. The summed E-state index contributed by atoms with van der Waals surface area (Å²) < 4.78 is 0. The number of aromatic nitrogens is 1. The van der Waals surface area contributed by atoms with Gasteiger partial charge in [0.15, 0.2) is 0 Å². The summed E-state index contributed by atoms with van der Waals surface area (Å²) in [5.74, 6) is -0.607. The topological polar surface area (TPSA) is 79.9 Å². The second-order valence-corrected chi connectivity index (χ2v) is 8.56. The second-order valence-electron chi connectivity index (χ2n) is 8.56. The first-order chi connectivity index (χ1) is 14.5. The Kier molecular flexibility index (Phi) is 6.39. The lowest BCUT2D eigenvalue weighted by atomic mass is 10.0. The number of aryl methyl sites for hydroxylation is 1. The Morgan fingerprint density at radius 2 is 1.67 bits per heavy atom. The van der Waals surface area contributed by atoms with Crippen molar-refractivity contribution in [3.8, 4) is 0 Å². The van der Waals surface area contributed by atoms with E-state index in [1.165, 1.54) is 12.8 Å². The fourth-order valence-electron chi connectivity index (χ4n) is 4.90. The fraction of sp³-hybridized carbons (Fsp3) is 0.565. The molecule has 0 radical (unpaired) electrons. The number of aromatic amines is 1. The van der Waals surface area contributed by atoms with E-state index in [0.29, 0.717) is 32.7 Å². The second kappa shape index (κ2) is 9.18. The number of carbonyl (C=O) groups excluding carboxylic acids is 1. The molecule has 2 saturated heterocycles. The van der Waals surface area contributed by atoms with Crippen LogP contribution in [0.1, 0.15) is 43.0 Å². The molecular formula is C23H32N4O3. The first-order valence-electron chi connectivity index (χ1n) is 11.1. The smallest absolute Gasteiger partial charge is 0.325 e. The molecule has 7 nitrogen and oxygen atoms in total. The number of hydrogen-bond donors (Lipinski definition) is 2. The lowest BCUT2D eigenvalue weighted by molar-refractivity contribution is -0.145. The average molecular weight is 413 g/mol. The summed E-state index contributed by atoms with van der Waals surface area (Å²) in [7, 11) is 0. The van der Waals surface area contributed by atoms with Crippen LogP contribution in [0.2, 0.25) is 0 Å². The maximum Gasteiger partial charge on any atom is 0.325 e. The van der Waals surface area contributed by atoms with Gasteiger partial charge >= 0.3 is 5.97 Å². The number of hydrogen-bond acceptors (Lipinski definition) is 4. The summed E-state index contributed by atoms with van der Waals surface area (Å²) >= 11 is 0. The van der Waals surface area contributed by atoms with E-state index in [1.807, 2.05) is 41.0 Å². The number of amides is 1. The molecule has 1 aromatic carbocycles. The molecule has 2 aliphatic rings. The van der Waals surface area contributed by atoms with Crippen molar-refractivity contribution in [3.05, 3.63) is 35.5 Å². The van der Waals surface area contributed by atoms with E-state index < -0.39 is 12.0 Å². The molecule has 4 rings (SSSR count). The van der Waals surface area contributed by atoms with Crippen LogP contribution in [0.25, 0.3) is 10.9 Å². The van der Waals surface area contributed by atoms with Gasteiger partial charge in [-0.25, -0.2) is 0 Å². The van der Waals surface area contributed by atoms with Gasteiger partial charge in [0.25, 0.3) is 0 Å². The third kappa shape index (κ3) is 4.37. The predicted molar refractivity (Wildman–Crippen MR) is 116 cm³/mol. The summed E-state index contributed by atoms with van der Waals surface area (Å²) in [6.45, 7) is 6.85. The van der Waals surface area contributed by atoms with Crippen LogP contribution in [0.5, 0.6) is 0 Å². The van der Waals surface area contributed by atoms with Crippen molar-refractivity contribution in [3.63, 3.8) is 0 Å². The number of para-hydroxylation sites is 1. The molecule has 2 fully saturated rings. The molecular weight excluding hydrogens is 380 g/mol. The molecule has 0 bridgehead atoms. The van der Waals surface area contributed by atoms with Crippen LogP contribution in [0.15, 0.2) is 24.3 Å². The lowest BCUT2D eigenvalue weighted by Crippen LogP contribution is -2.52. The zero-order valence-electron chi connectivity index (χ0n) is 17.8. The Bertz CT molecular complexity index is 893. The van der Waals surface area contributed by atoms with E-state index in [9.17, 15) is 14.7 Å². The van der Waals surface area contributed by atoms with Crippen LogP contribution < -0.4 is 0 Å². The highest BCUT2D eigenvalue weighted by Crippen LogP contribution is 2.32. The average Bonchev–Trinajstić information content (AvgIpc) is 2.90. The van der Waals surface area contributed by atoms with E-state index >= 15 is 0 Å². The molecule has 1 aromatic heterocycles. The number of fused-ring (bicyclic) bond motifs is 1. The number of carboxylic acid groups (broad SMARTS) is 1. The van der Waals surface area contributed by atoms with Crippen molar-refractivity contribution in [1.29, 1.82) is 0 Å². The van der Waals surface area contributed by atoms with Gasteiger partial charge in [-0.05, 0) is 25.8 Å². The van der Waals surface area contributed by atoms with Gasteiger partial charge in [-0.15, -0.1) is 0 Å². The Balaban J connectivity index is 1.42. The molecule has 2 N–H and O–H groups in total. The third-order valence-corrected chi connectivity index (χ3v) is 6.54. The number of H-pyrrole nitrogens is 1. The maximum absolute atomic E-state index is 12.7. The number of piperazine rings is 1. The van der Waals surface area contributed by atoms with E-state index in [2.05, 4.69) is 9.88 Å². The van der Waals surface area contributed by atoms with Crippen molar-refractivity contribution < 1.29 is 14.7 Å². The fourth-order valence-corrected chi connectivity index (χ4v) is 4.90. The van der Waals surface area contributed by atoms with Gasteiger partial charge in [0, 0.05) is 61.4 Å². The van der Waals surface area contributed by atoms with Crippen LogP contribution in [0, 0.1) is 6.92 Å². The van der Waals surface area contributed by atoms with E-state index in [-0.39, 0.29) is 5.91 Å². The molecule has 2 aliphatic heterocycles. The normalized spacial score (nSPS) is 20.2. The SMILES string of the molecule is Cc1[nH]c2ccccc2c1[C@@H](C(=O)O)N1CCN(CC(=O)N2CCCCCC2)CC1. The molecule has 3 heterocycles. The first kappa shape index (κ1) is 20.9. The van der Waals surface area contributed by atoms with Crippen LogP contribution >= 0.6 is 0 Å². The van der Waals surface area contributed by atoms with E-state index in [1.54, 1.807) is 0 Å². The number of carbonyl (C=O) groups is 2. The van der Waals surface area contributed by atoms with Crippen LogP contribution in [0.3, 0.4) is 0 Å². The molecule has 0 unspecified atom stereocenters. The lowest BCUT2D eigenvalue weighted by Gasteiger charge is -2.38. The zero-order valence-corrected chi connectivity index (χ0v) is 17.8. The number of aliphatic carboxylic acids is 1. The molecule has 1 amide bonds. The minimum Gasteiger partial charge on any atom is -0.480 e. The quantitative estimate of drug-likeness (QED) is 0.789. The van der Waals surface area contributed by atoms with Crippen molar-refractivity contribution >= 4 is 22.8 Å². The highest BCUT2D eigenvalue weighted by Gasteiger charge is 2.34. The van der Waals surface area contributed by atoms with Crippen molar-refractivity contribution in [2.45, 2.75) is 38.6 Å². The summed E-state index contributed by atoms with van der Waals surface area (Å²) in [5, 5.41) is 11.0. The summed E-state index contributed by atoms with van der Waals surface area (Å²) in [6.07, 6.45) is 4.63. The molecule has 7 heteroatoms. The standard InChI is InChI=1S/C23H32N4O3/c1-17-21(18-8-4-5-9-19(18)24-17)22(23(29)30)27-14-12-25(13-15-27)16-20(28)26-10-6-2-3-7-11-26/h4-5,8-9,22,24H,2-3,6-7,10-16H2,1H3,(H,29,30)/t22-/m0/s1. The summed E-state index contributed by atoms with van der Waals surface area (Å²) in [5.41, 5.74) is 2.73. The predicted octanol–water partition coefficient (Wildman–Crippen LogP) is 2.62. The molecule has 0 spiro atoms. The molecule has 30 heavy (non-hydrogen) atoms. The minimum absolute atomic E-state index is 0.215. The molecule has 2 aromatic rings. The first-order valence-corrected chi connectivity index (χ1v) is 11.1. The van der Waals surface area contributed by atoms with E-state index in [0.717, 1.165) is 48.1 Å². The molecule has 162 valence electrons. The number of carboxylic acids is 1. The largest absolute Gasteiger partial charge is 0.480 e. The van der Waals surface area contributed by atoms with Crippen LogP contribution in [-0.4, -0.2) is 82.5 Å².